The summed E-state index contributed by atoms with van der Waals surface area (Å²) in [6.07, 6.45) is 4.96. The number of allylic oxidation sites excluding steroid dienone is 2. The number of carbonyl (C=O) groups is 4. The first kappa shape index (κ1) is 33.2. The highest BCUT2D eigenvalue weighted by Crippen LogP contribution is 2.46. The molecule has 15 heteroatoms. The Morgan fingerprint density at radius 1 is 1.00 bits per heavy atom. The maximum Gasteiger partial charge on any atom is 0.407 e. The maximum atomic E-state index is 12.9. The summed E-state index contributed by atoms with van der Waals surface area (Å²) in [4.78, 5) is 71.2. The Kier molecular flexibility index (Phi) is 9.34. The quantitative estimate of drug-likeness (QED) is 0.400. The van der Waals surface area contributed by atoms with Crippen LogP contribution in [-0.4, -0.2) is 111 Å². The van der Waals surface area contributed by atoms with E-state index in [1.165, 1.54) is 28.2 Å². The first-order chi connectivity index (χ1) is 21.6. The van der Waals surface area contributed by atoms with E-state index >= 15 is 0 Å². The highest BCUT2D eigenvalue weighted by Gasteiger charge is 2.56. The lowest BCUT2D eigenvalue weighted by Crippen LogP contribution is -2.56. The number of nitrogens with one attached hydrogen (secondary N) is 2. The van der Waals surface area contributed by atoms with Crippen LogP contribution in [0.1, 0.15) is 53.9 Å². The molecule has 1 aromatic heterocycles. The largest absolute Gasteiger partial charge is 0.444 e. The number of nitrogens with two attached hydrogens (primary N) is 1. The van der Waals surface area contributed by atoms with Crippen molar-refractivity contribution < 1.29 is 28.7 Å². The molecule has 3 atom stereocenters. The SMILES string of the molecule is CC(C)(C)OC(=O)NC1C2CN(CC3CC=C(n4ccc(NC(=O)N5CCN(C(=O)C(C)(C)OC(N)=O)CC5)nc4=O)CC3)CC21. The number of hydrogen-bond donors (Lipinski definition) is 3. The summed E-state index contributed by atoms with van der Waals surface area (Å²) in [7, 11) is 0. The van der Waals surface area contributed by atoms with Crippen molar-refractivity contribution >= 4 is 35.6 Å². The molecule has 0 spiro atoms. The maximum absolute atomic E-state index is 12.9. The normalized spacial score (nSPS) is 24.8. The summed E-state index contributed by atoms with van der Waals surface area (Å²) in [5.41, 5.74) is 3.61. The van der Waals surface area contributed by atoms with Crippen molar-refractivity contribution in [2.24, 2.45) is 23.5 Å². The molecule has 1 aromatic rings. The molecule has 0 aromatic carbocycles. The van der Waals surface area contributed by atoms with Crippen LogP contribution in [0, 0.1) is 17.8 Å². The lowest BCUT2D eigenvalue weighted by atomic mass is 9.92. The number of primary amides is 1. The Hall–Kier alpha value is -4.14. The minimum atomic E-state index is -1.40. The number of hydrogen-bond acceptors (Lipinski definition) is 9. The first-order valence-electron chi connectivity index (χ1n) is 15.9. The van der Waals surface area contributed by atoms with Gasteiger partial charge >= 0.3 is 23.9 Å². The van der Waals surface area contributed by atoms with Gasteiger partial charge in [-0.1, -0.05) is 6.08 Å². The predicted octanol–water partition coefficient (Wildman–Crippen LogP) is 1.89. The standard InChI is InChI=1S/C31H46N8O7/c1-30(2,3)46-29(44)35-24-21-17-36(18-22(21)24)16-19-6-8-20(9-7-19)39-11-10-23(34-28(39)43)33-27(42)38-14-12-37(13-15-38)25(40)31(4,5)45-26(32)41/h8,10-11,19,21-22,24H,6-7,9,12-18H2,1-5H3,(H2,32,41)(H,35,44)(H,33,34,42,43). The van der Waals surface area contributed by atoms with E-state index in [0.717, 1.165) is 44.6 Å². The highest BCUT2D eigenvalue weighted by atomic mass is 16.6. The van der Waals surface area contributed by atoms with Gasteiger partial charge in [-0.3, -0.25) is 14.7 Å². The number of likely N-dealkylation sites (tertiary alicyclic amines) is 1. The molecular formula is C31H46N8O7. The second kappa shape index (κ2) is 12.9. The van der Waals surface area contributed by atoms with E-state index in [1.54, 1.807) is 12.3 Å². The van der Waals surface area contributed by atoms with Crippen molar-refractivity contribution in [3.05, 3.63) is 28.8 Å². The summed E-state index contributed by atoms with van der Waals surface area (Å²) in [6.45, 7) is 12.5. The van der Waals surface area contributed by atoms with Crippen LogP contribution in [0.5, 0.6) is 0 Å². The van der Waals surface area contributed by atoms with E-state index in [9.17, 15) is 24.0 Å². The van der Waals surface area contributed by atoms with E-state index in [0.29, 0.717) is 17.8 Å². The van der Waals surface area contributed by atoms with E-state index in [1.807, 2.05) is 20.8 Å². The number of piperidine rings is 1. The number of fused-ring (bicyclic) bond motifs is 1. The van der Waals surface area contributed by atoms with Crippen LogP contribution in [0.4, 0.5) is 20.2 Å². The molecule has 3 unspecified atom stereocenters. The van der Waals surface area contributed by atoms with Gasteiger partial charge in [0.05, 0.1) is 0 Å². The Balaban J connectivity index is 1.05. The topological polar surface area (TPSA) is 181 Å². The minimum absolute atomic E-state index is 0.155. The van der Waals surface area contributed by atoms with Crippen molar-refractivity contribution in [2.75, 3.05) is 51.1 Å². The van der Waals surface area contributed by atoms with Crippen LogP contribution in [0.3, 0.4) is 0 Å². The Morgan fingerprint density at radius 2 is 1.65 bits per heavy atom. The third-order valence-corrected chi connectivity index (χ3v) is 9.04. The van der Waals surface area contributed by atoms with Gasteiger partial charge in [0.25, 0.3) is 5.91 Å². The molecule has 1 saturated carbocycles. The van der Waals surface area contributed by atoms with Gasteiger partial charge in [0.15, 0.2) is 5.60 Å². The van der Waals surface area contributed by atoms with Crippen molar-refractivity contribution in [3.8, 4) is 0 Å². The summed E-state index contributed by atoms with van der Waals surface area (Å²) in [5.74, 6) is 1.24. The van der Waals surface area contributed by atoms with Crippen LogP contribution >= 0.6 is 0 Å². The number of alkyl carbamates (subject to hydrolysis) is 1. The fraction of sp³-hybridized carbons (Fsp3) is 0.677. The molecule has 46 heavy (non-hydrogen) atoms. The third-order valence-electron chi connectivity index (χ3n) is 9.04. The number of piperazine rings is 1. The highest BCUT2D eigenvalue weighted by molar-refractivity contribution is 5.89. The van der Waals surface area contributed by atoms with Crippen LogP contribution in [0.25, 0.3) is 5.70 Å². The molecule has 15 nitrogen and oxygen atoms in total. The molecular weight excluding hydrogens is 596 g/mol. The number of rotatable bonds is 7. The fourth-order valence-electron chi connectivity index (χ4n) is 6.71. The molecule has 0 bridgehead atoms. The molecule has 4 aliphatic rings. The van der Waals surface area contributed by atoms with Gasteiger partial charge in [-0.05, 0) is 77.7 Å². The number of nitrogens with zero attached hydrogens (tertiary/aromatic N) is 5. The number of aromatic nitrogens is 2. The second-order valence-electron chi connectivity index (χ2n) is 14.2. The molecule has 3 fully saturated rings. The van der Waals surface area contributed by atoms with Crippen LogP contribution in [-0.2, 0) is 14.3 Å². The second-order valence-corrected chi connectivity index (χ2v) is 14.2. The number of carbonyl (C=O) groups excluding carboxylic acids is 4. The zero-order chi connectivity index (χ0) is 33.4. The third kappa shape index (κ3) is 7.98. The first-order valence-corrected chi connectivity index (χ1v) is 15.9. The van der Waals surface area contributed by atoms with Crippen molar-refractivity contribution in [2.45, 2.75) is 71.1 Å². The summed E-state index contributed by atoms with van der Waals surface area (Å²) >= 11 is 0. The lowest BCUT2D eigenvalue weighted by molar-refractivity contribution is -0.149. The van der Waals surface area contributed by atoms with Gasteiger partial charge in [0.1, 0.15) is 11.4 Å². The molecule has 2 saturated heterocycles. The fourth-order valence-corrected chi connectivity index (χ4v) is 6.71. The number of ether oxygens (including phenoxy) is 2. The van der Waals surface area contributed by atoms with Gasteiger partial charge in [0.2, 0.25) is 0 Å². The molecule has 2 aliphatic heterocycles. The zero-order valence-corrected chi connectivity index (χ0v) is 27.3. The molecule has 252 valence electrons. The molecule has 5 rings (SSSR count). The van der Waals surface area contributed by atoms with Crippen molar-refractivity contribution in [1.82, 2.24) is 29.6 Å². The number of anilines is 1. The Labute approximate surface area is 268 Å². The monoisotopic (exact) mass is 642 g/mol. The zero-order valence-electron chi connectivity index (χ0n) is 27.3. The van der Waals surface area contributed by atoms with Gasteiger partial charge in [-0.25, -0.2) is 19.2 Å². The van der Waals surface area contributed by atoms with Crippen LogP contribution in [0.2, 0.25) is 0 Å². The van der Waals surface area contributed by atoms with Gasteiger partial charge < -0.3 is 35.2 Å². The van der Waals surface area contributed by atoms with Crippen molar-refractivity contribution in [3.63, 3.8) is 0 Å². The van der Waals surface area contributed by atoms with Gasteiger partial charge in [-0.15, -0.1) is 0 Å². The summed E-state index contributed by atoms with van der Waals surface area (Å²) in [5, 5.41) is 5.70. The lowest BCUT2D eigenvalue weighted by Gasteiger charge is -2.37. The summed E-state index contributed by atoms with van der Waals surface area (Å²) < 4.78 is 11.8. The Bertz CT molecular complexity index is 1430. The molecule has 3 heterocycles. The van der Waals surface area contributed by atoms with Crippen LogP contribution in [0.15, 0.2) is 23.1 Å². The Morgan fingerprint density at radius 3 is 2.22 bits per heavy atom. The van der Waals surface area contributed by atoms with E-state index in [2.05, 4.69) is 26.6 Å². The van der Waals surface area contributed by atoms with E-state index in [-0.39, 0.29) is 44.1 Å². The summed E-state index contributed by atoms with van der Waals surface area (Å²) in [6, 6.07) is 1.39. The molecule has 2 aliphatic carbocycles. The van der Waals surface area contributed by atoms with E-state index < -0.39 is 34.9 Å². The minimum Gasteiger partial charge on any atom is -0.444 e. The molecule has 0 radical (unpaired) electrons. The van der Waals surface area contributed by atoms with Crippen molar-refractivity contribution in [1.29, 1.82) is 0 Å². The van der Waals surface area contributed by atoms with Crippen LogP contribution < -0.4 is 22.1 Å². The van der Waals surface area contributed by atoms with Gasteiger partial charge in [-0.2, -0.15) is 4.98 Å². The average molecular weight is 643 g/mol. The van der Waals surface area contributed by atoms with E-state index in [4.69, 9.17) is 15.2 Å². The smallest absolute Gasteiger partial charge is 0.407 e. The number of amides is 5. The average Bonchev–Trinajstić information content (AvgIpc) is 3.38. The van der Waals surface area contributed by atoms with Gasteiger partial charge in [0, 0.05) is 63.7 Å². The predicted molar refractivity (Wildman–Crippen MR) is 169 cm³/mol. The molecule has 4 N–H and O–H groups in total. The number of urea groups is 1. The molecule has 5 amide bonds.